The summed E-state index contributed by atoms with van der Waals surface area (Å²) in [7, 11) is -3.44. The highest BCUT2D eigenvalue weighted by Gasteiger charge is 2.29. The summed E-state index contributed by atoms with van der Waals surface area (Å²) in [5, 5.41) is 2.94. The summed E-state index contributed by atoms with van der Waals surface area (Å²) in [5.74, 6) is 1.14. The molecule has 2 fully saturated rings. The van der Waals surface area contributed by atoms with Crippen molar-refractivity contribution in [2.75, 3.05) is 31.5 Å². The summed E-state index contributed by atoms with van der Waals surface area (Å²) in [5.41, 5.74) is 0.632. The SMILES string of the molecule is C[C@@H]1C[C@@H](C)CN([C@H](C)C(=O)Nc2ccc(S(=O)(=O)N3CCCCC3)cc2)C1. The maximum Gasteiger partial charge on any atom is 0.243 e. The average molecular weight is 408 g/mol. The fourth-order valence-corrected chi connectivity index (χ4v) is 5.92. The van der Waals surface area contributed by atoms with Gasteiger partial charge >= 0.3 is 0 Å². The predicted octanol–water partition coefficient (Wildman–Crippen LogP) is 3.17. The van der Waals surface area contributed by atoms with Gasteiger partial charge in [0.1, 0.15) is 0 Å². The van der Waals surface area contributed by atoms with Crippen molar-refractivity contribution in [3.63, 3.8) is 0 Å². The largest absolute Gasteiger partial charge is 0.325 e. The molecule has 2 aliphatic rings. The zero-order valence-electron chi connectivity index (χ0n) is 17.2. The molecule has 1 aromatic carbocycles. The van der Waals surface area contributed by atoms with E-state index in [4.69, 9.17) is 0 Å². The van der Waals surface area contributed by atoms with Crippen LogP contribution >= 0.6 is 0 Å². The van der Waals surface area contributed by atoms with Crippen molar-refractivity contribution in [2.24, 2.45) is 11.8 Å². The number of anilines is 1. The maximum atomic E-state index is 12.7. The average Bonchev–Trinajstić information content (AvgIpc) is 2.67. The molecule has 156 valence electrons. The Bertz CT molecular complexity index is 763. The van der Waals surface area contributed by atoms with Crippen LogP contribution in [0.15, 0.2) is 29.2 Å². The van der Waals surface area contributed by atoms with E-state index >= 15 is 0 Å². The van der Waals surface area contributed by atoms with Gasteiger partial charge in [-0.3, -0.25) is 9.69 Å². The van der Waals surface area contributed by atoms with Crippen LogP contribution in [0.1, 0.15) is 46.5 Å². The van der Waals surface area contributed by atoms with E-state index in [1.165, 1.54) is 6.42 Å². The second-order valence-electron chi connectivity index (χ2n) is 8.55. The number of amides is 1. The van der Waals surface area contributed by atoms with Gasteiger partial charge in [-0.2, -0.15) is 4.31 Å². The molecule has 3 rings (SSSR count). The molecule has 0 radical (unpaired) electrons. The normalized spacial score (nSPS) is 26.0. The minimum Gasteiger partial charge on any atom is -0.325 e. The Hall–Kier alpha value is -1.44. The first-order chi connectivity index (χ1) is 13.3. The van der Waals surface area contributed by atoms with E-state index in [0.29, 0.717) is 35.5 Å². The summed E-state index contributed by atoms with van der Waals surface area (Å²) in [4.78, 5) is 15.2. The molecule has 6 nitrogen and oxygen atoms in total. The zero-order chi connectivity index (χ0) is 20.3. The summed E-state index contributed by atoms with van der Waals surface area (Å²) < 4.78 is 27.0. The van der Waals surface area contributed by atoms with Gasteiger partial charge in [-0.15, -0.1) is 0 Å². The minimum absolute atomic E-state index is 0.0482. The third-order valence-corrected chi connectivity index (χ3v) is 7.81. The van der Waals surface area contributed by atoms with Crippen LogP contribution in [0, 0.1) is 11.8 Å². The maximum absolute atomic E-state index is 12.7. The fourth-order valence-electron chi connectivity index (χ4n) is 4.40. The number of hydrogen-bond acceptors (Lipinski definition) is 4. The Morgan fingerprint density at radius 1 is 1.04 bits per heavy atom. The van der Waals surface area contributed by atoms with Gasteiger partial charge in [-0.25, -0.2) is 8.42 Å². The molecule has 28 heavy (non-hydrogen) atoms. The molecule has 2 heterocycles. The Kier molecular flexibility index (Phi) is 6.78. The number of piperidine rings is 2. The molecule has 0 aromatic heterocycles. The van der Waals surface area contributed by atoms with Crippen LogP contribution in [-0.4, -0.2) is 55.8 Å². The molecule has 1 aromatic rings. The number of carbonyl (C=O) groups is 1. The molecular weight excluding hydrogens is 374 g/mol. The van der Waals surface area contributed by atoms with Gasteiger partial charge in [0.25, 0.3) is 0 Å². The van der Waals surface area contributed by atoms with Crippen LogP contribution in [0.25, 0.3) is 0 Å². The molecule has 2 aliphatic heterocycles. The molecule has 0 bridgehead atoms. The van der Waals surface area contributed by atoms with E-state index in [-0.39, 0.29) is 11.9 Å². The van der Waals surface area contributed by atoms with Crippen LogP contribution in [0.5, 0.6) is 0 Å². The molecule has 1 amide bonds. The zero-order valence-corrected chi connectivity index (χ0v) is 18.0. The number of nitrogens with one attached hydrogen (secondary N) is 1. The lowest BCUT2D eigenvalue weighted by Crippen LogP contribution is -2.48. The van der Waals surface area contributed by atoms with E-state index in [2.05, 4.69) is 24.1 Å². The number of carbonyl (C=O) groups excluding carboxylic acids is 1. The highest BCUT2D eigenvalue weighted by Crippen LogP contribution is 2.24. The smallest absolute Gasteiger partial charge is 0.243 e. The van der Waals surface area contributed by atoms with Gasteiger partial charge in [0, 0.05) is 31.9 Å². The van der Waals surface area contributed by atoms with E-state index in [1.54, 1.807) is 28.6 Å². The van der Waals surface area contributed by atoms with Gasteiger partial charge in [0.2, 0.25) is 15.9 Å². The standard InChI is InChI=1S/C21H33N3O3S/c1-16-13-17(2)15-23(14-16)18(3)21(25)22-19-7-9-20(10-8-19)28(26,27)24-11-5-4-6-12-24/h7-10,16-18H,4-6,11-15H2,1-3H3,(H,22,25)/t16-,17-,18-/m1/s1. The molecule has 3 atom stereocenters. The number of rotatable bonds is 5. The number of sulfonamides is 1. The summed E-state index contributed by atoms with van der Waals surface area (Å²) in [6.45, 7) is 9.45. The highest BCUT2D eigenvalue weighted by molar-refractivity contribution is 7.89. The van der Waals surface area contributed by atoms with E-state index < -0.39 is 10.0 Å². The second kappa shape index (κ2) is 8.93. The predicted molar refractivity (Wildman–Crippen MR) is 112 cm³/mol. The van der Waals surface area contributed by atoms with Crippen molar-refractivity contribution in [1.29, 1.82) is 0 Å². The lowest BCUT2D eigenvalue weighted by molar-refractivity contribution is -0.121. The monoisotopic (exact) mass is 407 g/mol. The third-order valence-electron chi connectivity index (χ3n) is 5.90. The number of benzene rings is 1. The van der Waals surface area contributed by atoms with Gasteiger partial charge in [-0.05, 0) is 62.3 Å². The Morgan fingerprint density at radius 2 is 1.61 bits per heavy atom. The Balaban J connectivity index is 1.62. The van der Waals surface area contributed by atoms with Gasteiger partial charge in [-0.1, -0.05) is 20.3 Å². The first-order valence-electron chi connectivity index (χ1n) is 10.4. The van der Waals surface area contributed by atoms with Crippen LogP contribution in [-0.2, 0) is 14.8 Å². The van der Waals surface area contributed by atoms with E-state index in [0.717, 1.165) is 32.4 Å². The quantitative estimate of drug-likeness (QED) is 0.814. The lowest BCUT2D eigenvalue weighted by atomic mass is 9.91. The van der Waals surface area contributed by atoms with Gasteiger partial charge < -0.3 is 5.32 Å². The van der Waals surface area contributed by atoms with Crippen LogP contribution in [0.3, 0.4) is 0 Å². The first kappa shape index (κ1) is 21.3. The van der Waals surface area contributed by atoms with Crippen molar-refractivity contribution < 1.29 is 13.2 Å². The highest BCUT2D eigenvalue weighted by atomic mass is 32.2. The number of hydrogen-bond donors (Lipinski definition) is 1. The first-order valence-corrected chi connectivity index (χ1v) is 11.9. The fraction of sp³-hybridized carbons (Fsp3) is 0.667. The summed E-state index contributed by atoms with van der Waals surface area (Å²) in [6, 6.07) is 6.35. The summed E-state index contributed by atoms with van der Waals surface area (Å²) >= 11 is 0. The summed E-state index contributed by atoms with van der Waals surface area (Å²) in [6.07, 6.45) is 4.12. The Labute approximate surface area is 169 Å². The van der Waals surface area contributed by atoms with Crippen LogP contribution in [0.2, 0.25) is 0 Å². The topological polar surface area (TPSA) is 69.7 Å². The molecule has 0 unspecified atom stereocenters. The van der Waals surface area contributed by atoms with Crippen LogP contribution < -0.4 is 5.32 Å². The van der Waals surface area contributed by atoms with E-state index in [9.17, 15) is 13.2 Å². The van der Waals surface area contributed by atoms with Crippen molar-refractivity contribution in [3.8, 4) is 0 Å². The number of nitrogens with zero attached hydrogens (tertiary/aromatic N) is 2. The van der Waals surface area contributed by atoms with Gasteiger partial charge in [0.05, 0.1) is 10.9 Å². The minimum atomic E-state index is -3.44. The molecule has 2 saturated heterocycles. The molecule has 0 spiro atoms. The van der Waals surface area contributed by atoms with Crippen molar-refractivity contribution in [1.82, 2.24) is 9.21 Å². The van der Waals surface area contributed by atoms with Gasteiger partial charge in [0.15, 0.2) is 0 Å². The molecule has 0 aliphatic carbocycles. The lowest BCUT2D eigenvalue weighted by Gasteiger charge is -2.38. The van der Waals surface area contributed by atoms with Crippen molar-refractivity contribution >= 4 is 21.6 Å². The molecular formula is C21H33N3O3S. The van der Waals surface area contributed by atoms with Crippen molar-refractivity contribution in [2.45, 2.75) is 57.4 Å². The van der Waals surface area contributed by atoms with Crippen LogP contribution in [0.4, 0.5) is 5.69 Å². The third kappa shape index (κ3) is 4.93. The Morgan fingerprint density at radius 3 is 2.18 bits per heavy atom. The molecule has 0 saturated carbocycles. The van der Waals surface area contributed by atoms with E-state index in [1.807, 2.05) is 6.92 Å². The molecule has 1 N–H and O–H groups in total. The molecule has 7 heteroatoms. The number of likely N-dealkylation sites (tertiary alicyclic amines) is 1. The second-order valence-corrected chi connectivity index (χ2v) is 10.5. The van der Waals surface area contributed by atoms with Crippen molar-refractivity contribution in [3.05, 3.63) is 24.3 Å².